The third kappa shape index (κ3) is 4.47. The van der Waals surface area contributed by atoms with Gasteiger partial charge in [0.05, 0.1) is 12.2 Å². The number of hydrogen-bond donors (Lipinski definition) is 4. The standard InChI is InChI=1S/C23H23ClN6O/c24-18-13-26-23-28-16-4-1-3-14(11-16)6-7-15-12-17(27-21(18)30-23)8-9-19(15)29-22(31)20-5-2-10-25-20/h1,3-4,8-9,11-13,20,25H,2,5-7,10H2,(H,29,31)(H2,26,27,28,30)/t20-/m0/s1. The summed E-state index contributed by atoms with van der Waals surface area (Å²) in [6.45, 7) is 0.889. The number of aromatic nitrogens is 2. The maximum atomic E-state index is 12.7. The monoisotopic (exact) mass is 434 g/mol. The van der Waals surface area contributed by atoms with Crippen LogP contribution < -0.4 is 21.3 Å². The smallest absolute Gasteiger partial charge is 0.241 e. The summed E-state index contributed by atoms with van der Waals surface area (Å²) in [6, 6.07) is 14.0. The predicted octanol–water partition coefficient (Wildman–Crippen LogP) is 4.41. The molecule has 31 heavy (non-hydrogen) atoms. The Bertz CT molecular complexity index is 1130. The van der Waals surface area contributed by atoms with E-state index in [1.54, 1.807) is 6.20 Å². The third-order valence-corrected chi connectivity index (χ3v) is 5.89. The molecule has 2 aliphatic rings. The summed E-state index contributed by atoms with van der Waals surface area (Å²) in [6.07, 6.45) is 5.09. The van der Waals surface area contributed by atoms with Crippen molar-refractivity contribution < 1.29 is 4.79 Å². The van der Waals surface area contributed by atoms with E-state index in [2.05, 4.69) is 43.4 Å². The van der Waals surface area contributed by atoms with E-state index >= 15 is 0 Å². The highest BCUT2D eigenvalue weighted by atomic mass is 35.5. The zero-order valence-electron chi connectivity index (χ0n) is 16.9. The number of benzene rings is 2. The Balaban J connectivity index is 1.51. The molecule has 0 radical (unpaired) electrons. The fraction of sp³-hybridized carbons (Fsp3) is 0.261. The van der Waals surface area contributed by atoms with Gasteiger partial charge in [0.15, 0.2) is 5.82 Å². The van der Waals surface area contributed by atoms with E-state index in [-0.39, 0.29) is 11.9 Å². The molecule has 0 spiro atoms. The van der Waals surface area contributed by atoms with Gasteiger partial charge >= 0.3 is 0 Å². The second-order valence-corrected chi connectivity index (χ2v) is 8.26. The first-order valence-electron chi connectivity index (χ1n) is 10.5. The lowest BCUT2D eigenvalue weighted by Gasteiger charge is -2.16. The van der Waals surface area contributed by atoms with Gasteiger partial charge in [-0.15, -0.1) is 0 Å². The predicted molar refractivity (Wildman–Crippen MR) is 124 cm³/mol. The zero-order chi connectivity index (χ0) is 21.2. The van der Waals surface area contributed by atoms with E-state index in [9.17, 15) is 4.79 Å². The molecule has 0 unspecified atom stereocenters. The number of carbonyl (C=O) groups is 1. The van der Waals surface area contributed by atoms with E-state index in [4.69, 9.17) is 11.6 Å². The summed E-state index contributed by atoms with van der Waals surface area (Å²) < 4.78 is 0. The number of halogens is 1. The van der Waals surface area contributed by atoms with Crippen molar-refractivity contribution in [2.45, 2.75) is 31.7 Å². The molecule has 1 aromatic heterocycles. The Labute approximate surface area is 185 Å². The largest absolute Gasteiger partial charge is 0.339 e. The van der Waals surface area contributed by atoms with Crippen LogP contribution >= 0.6 is 11.6 Å². The number of rotatable bonds is 2. The average molecular weight is 435 g/mol. The normalized spacial score (nSPS) is 17.4. The highest BCUT2D eigenvalue weighted by Crippen LogP contribution is 2.29. The highest BCUT2D eigenvalue weighted by Gasteiger charge is 2.22. The van der Waals surface area contributed by atoms with E-state index in [1.165, 1.54) is 5.56 Å². The highest BCUT2D eigenvalue weighted by molar-refractivity contribution is 6.32. The number of anilines is 5. The lowest BCUT2D eigenvalue weighted by molar-refractivity contribution is -0.117. The van der Waals surface area contributed by atoms with Gasteiger partial charge in [0.1, 0.15) is 5.02 Å². The molecule has 1 fully saturated rings. The third-order valence-electron chi connectivity index (χ3n) is 5.61. The van der Waals surface area contributed by atoms with Crippen molar-refractivity contribution in [2.24, 2.45) is 0 Å². The van der Waals surface area contributed by atoms with Gasteiger partial charge in [-0.2, -0.15) is 4.98 Å². The molecule has 3 heterocycles. The second-order valence-electron chi connectivity index (χ2n) is 7.85. The number of fused-ring (bicyclic) bond motifs is 6. The Morgan fingerprint density at radius 3 is 2.87 bits per heavy atom. The molecule has 7 nitrogen and oxygen atoms in total. The molecule has 2 aromatic carbocycles. The first kappa shape index (κ1) is 19.8. The van der Waals surface area contributed by atoms with Crippen molar-refractivity contribution in [3.05, 3.63) is 64.8 Å². The summed E-state index contributed by atoms with van der Waals surface area (Å²) in [5.41, 5.74) is 4.84. The number of carbonyl (C=O) groups excluding carboxylic acids is 1. The molecule has 4 N–H and O–H groups in total. The molecule has 158 valence electrons. The minimum Gasteiger partial charge on any atom is -0.339 e. The van der Waals surface area contributed by atoms with Crippen molar-refractivity contribution in [2.75, 3.05) is 22.5 Å². The second kappa shape index (κ2) is 8.53. The van der Waals surface area contributed by atoms with Gasteiger partial charge in [-0.1, -0.05) is 23.7 Å². The molecule has 0 saturated carbocycles. The van der Waals surface area contributed by atoms with Crippen LogP contribution in [0.4, 0.5) is 28.8 Å². The van der Waals surface area contributed by atoms with Crippen LogP contribution in [0, 0.1) is 0 Å². The van der Waals surface area contributed by atoms with Gasteiger partial charge in [-0.3, -0.25) is 4.79 Å². The van der Waals surface area contributed by atoms with Crippen LogP contribution in [0.15, 0.2) is 48.7 Å². The zero-order valence-corrected chi connectivity index (χ0v) is 17.7. The molecular formula is C23H23ClN6O. The number of amides is 1. The van der Waals surface area contributed by atoms with Crippen molar-refractivity contribution in [1.29, 1.82) is 0 Å². The van der Waals surface area contributed by atoms with Crippen LogP contribution in [0.25, 0.3) is 0 Å². The number of hydrogen-bond acceptors (Lipinski definition) is 6. The van der Waals surface area contributed by atoms with Gasteiger partial charge in [0.25, 0.3) is 0 Å². The van der Waals surface area contributed by atoms with Crippen LogP contribution in [-0.2, 0) is 17.6 Å². The number of aryl methyl sites for hydroxylation is 2. The molecule has 6 bridgehead atoms. The Morgan fingerprint density at radius 1 is 1.10 bits per heavy atom. The van der Waals surface area contributed by atoms with Crippen LogP contribution in [0.2, 0.25) is 5.02 Å². The SMILES string of the molecule is O=C(Nc1ccc2cc1CCc1cccc(c1)Nc1ncc(Cl)c(n1)N2)[C@@H]1CCCN1. The van der Waals surface area contributed by atoms with Crippen LogP contribution in [0.3, 0.4) is 0 Å². The van der Waals surface area contributed by atoms with Gasteiger partial charge in [0.2, 0.25) is 11.9 Å². The molecule has 1 amide bonds. The Hall–Kier alpha value is -3.16. The van der Waals surface area contributed by atoms with Crippen molar-refractivity contribution >= 4 is 46.3 Å². The molecule has 0 aliphatic carbocycles. The van der Waals surface area contributed by atoms with Crippen molar-refractivity contribution in [1.82, 2.24) is 15.3 Å². The van der Waals surface area contributed by atoms with Crippen molar-refractivity contribution in [3.63, 3.8) is 0 Å². The van der Waals surface area contributed by atoms with E-state index in [0.29, 0.717) is 16.8 Å². The molecule has 5 rings (SSSR count). The quantitative estimate of drug-likeness (QED) is 0.477. The molecule has 1 atom stereocenters. The van der Waals surface area contributed by atoms with E-state index in [1.807, 2.05) is 30.3 Å². The lowest BCUT2D eigenvalue weighted by Crippen LogP contribution is -2.35. The number of nitrogens with zero attached hydrogens (tertiary/aromatic N) is 2. The maximum Gasteiger partial charge on any atom is 0.241 e. The minimum absolute atomic E-state index is 0.0204. The van der Waals surface area contributed by atoms with Crippen LogP contribution in [0.5, 0.6) is 0 Å². The van der Waals surface area contributed by atoms with Gasteiger partial charge in [-0.05, 0) is 73.7 Å². The molecular weight excluding hydrogens is 412 g/mol. The van der Waals surface area contributed by atoms with Gasteiger partial charge in [0, 0.05) is 17.1 Å². The minimum atomic E-state index is -0.124. The van der Waals surface area contributed by atoms with E-state index < -0.39 is 0 Å². The van der Waals surface area contributed by atoms with Crippen LogP contribution in [-0.4, -0.2) is 28.5 Å². The summed E-state index contributed by atoms with van der Waals surface area (Å²) in [7, 11) is 0. The summed E-state index contributed by atoms with van der Waals surface area (Å²) >= 11 is 6.33. The fourth-order valence-corrected chi connectivity index (χ4v) is 4.13. The van der Waals surface area contributed by atoms with Crippen LogP contribution in [0.1, 0.15) is 24.0 Å². The fourth-order valence-electron chi connectivity index (χ4n) is 3.99. The first-order valence-corrected chi connectivity index (χ1v) is 10.8. The van der Waals surface area contributed by atoms with Gasteiger partial charge < -0.3 is 21.3 Å². The summed E-state index contributed by atoms with van der Waals surface area (Å²) in [5.74, 6) is 1.01. The Kier molecular flexibility index (Phi) is 5.44. The Morgan fingerprint density at radius 2 is 2.00 bits per heavy atom. The number of nitrogens with one attached hydrogen (secondary N) is 4. The molecule has 3 aromatic rings. The summed E-state index contributed by atoms with van der Waals surface area (Å²) in [5, 5.41) is 13.3. The lowest BCUT2D eigenvalue weighted by atomic mass is 10.0. The van der Waals surface area contributed by atoms with Crippen molar-refractivity contribution in [3.8, 4) is 0 Å². The molecule has 8 heteroatoms. The van der Waals surface area contributed by atoms with Gasteiger partial charge in [-0.25, -0.2) is 4.98 Å². The first-order chi connectivity index (χ1) is 15.1. The molecule has 2 aliphatic heterocycles. The topological polar surface area (TPSA) is 91.0 Å². The maximum absolute atomic E-state index is 12.7. The average Bonchev–Trinajstić information content (AvgIpc) is 3.31. The van der Waals surface area contributed by atoms with E-state index in [0.717, 1.165) is 54.9 Å². The molecule has 1 saturated heterocycles. The summed E-state index contributed by atoms with van der Waals surface area (Å²) in [4.78, 5) is 21.5.